The van der Waals surface area contributed by atoms with E-state index in [-0.39, 0.29) is 12.2 Å². The molecule has 1 N–H and O–H groups in total. The van der Waals surface area contributed by atoms with Crippen molar-refractivity contribution in [3.63, 3.8) is 0 Å². The zero-order valence-corrected chi connectivity index (χ0v) is 17.8. The van der Waals surface area contributed by atoms with Gasteiger partial charge in [-0.2, -0.15) is 0 Å². The Morgan fingerprint density at radius 2 is 1.81 bits per heavy atom. The summed E-state index contributed by atoms with van der Waals surface area (Å²) < 4.78 is 12.2. The molecule has 0 bridgehead atoms. The Balaban J connectivity index is 1.29. The van der Waals surface area contributed by atoms with Crippen molar-refractivity contribution in [3.8, 4) is 5.75 Å². The van der Waals surface area contributed by atoms with Crippen LogP contribution in [0.25, 0.3) is 11.0 Å². The number of nitrogens with zero attached hydrogens (tertiary/aromatic N) is 5. The van der Waals surface area contributed by atoms with Crippen LogP contribution in [-0.2, 0) is 4.74 Å². The molecule has 2 aliphatic rings. The molecular formula is C23H28N6O2. The molecule has 1 aromatic carbocycles. The van der Waals surface area contributed by atoms with Crippen molar-refractivity contribution in [1.82, 2.24) is 19.9 Å². The molecule has 0 spiro atoms. The van der Waals surface area contributed by atoms with Crippen molar-refractivity contribution in [2.75, 3.05) is 29.9 Å². The fourth-order valence-corrected chi connectivity index (χ4v) is 4.41. The van der Waals surface area contributed by atoms with Crippen LogP contribution < -0.4 is 15.0 Å². The lowest BCUT2D eigenvalue weighted by atomic mass is 9.93. The van der Waals surface area contributed by atoms with E-state index in [2.05, 4.69) is 49.2 Å². The molecule has 0 amide bonds. The van der Waals surface area contributed by atoms with Crippen LogP contribution in [0.1, 0.15) is 32.6 Å². The zero-order chi connectivity index (χ0) is 21.0. The van der Waals surface area contributed by atoms with E-state index in [4.69, 9.17) is 9.47 Å². The average molecular weight is 421 g/mol. The van der Waals surface area contributed by atoms with Crippen LogP contribution >= 0.6 is 0 Å². The topological polar surface area (TPSA) is 85.3 Å². The van der Waals surface area contributed by atoms with Crippen LogP contribution in [0.3, 0.4) is 0 Å². The largest absolute Gasteiger partial charge is 0.488 e. The molecule has 162 valence electrons. The van der Waals surface area contributed by atoms with Crippen LogP contribution in [0, 0.1) is 0 Å². The lowest BCUT2D eigenvalue weighted by Crippen LogP contribution is -2.41. The van der Waals surface area contributed by atoms with Gasteiger partial charge < -0.3 is 19.7 Å². The highest BCUT2D eigenvalue weighted by Gasteiger charge is 2.25. The SMILES string of the molecule is C[C@@H]1CN(c2cc(OC3CCC(Nc4ncccn4)CC3)c3nccnc3c2)CCO1. The first-order valence-corrected chi connectivity index (χ1v) is 11.1. The number of anilines is 2. The van der Waals surface area contributed by atoms with Gasteiger partial charge in [-0.25, -0.2) is 15.0 Å². The number of aromatic nitrogens is 4. The highest BCUT2D eigenvalue weighted by molar-refractivity contribution is 5.85. The Morgan fingerprint density at radius 3 is 2.61 bits per heavy atom. The summed E-state index contributed by atoms with van der Waals surface area (Å²) in [7, 11) is 0. The third-order valence-corrected chi connectivity index (χ3v) is 6.00. The second kappa shape index (κ2) is 9.01. The maximum Gasteiger partial charge on any atom is 0.222 e. The van der Waals surface area contributed by atoms with Gasteiger partial charge in [0, 0.05) is 55.7 Å². The van der Waals surface area contributed by atoms with E-state index in [0.717, 1.165) is 67.8 Å². The van der Waals surface area contributed by atoms with Crippen LogP contribution in [-0.4, -0.2) is 57.9 Å². The molecule has 5 rings (SSSR count). The Kier molecular flexibility index (Phi) is 5.80. The van der Waals surface area contributed by atoms with Gasteiger partial charge >= 0.3 is 0 Å². The quantitative estimate of drug-likeness (QED) is 0.672. The molecule has 1 aliphatic carbocycles. The molecule has 1 atom stereocenters. The number of morpholine rings is 1. The van der Waals surface area contributed by atoms with Gasteiger partial charge in [0.05, 0.1) is 24.3 Å². The van der Waals surface area contributed by atoms with Crippen LogP contribution in [0.4, 0.5) is 11.6 Å². The zero-order valence-electron chi connectivity index (χ0n) is 17.8. The molecule has 3 aromatic rings. The third kappa shape index (κ3) is 4.69. The Bertz CT molecular complexity index is 1010. The molecule has 1 saturated carbocycles. The molecular weight excluding hydrogens is 392 g/mol. The molecule has 2 aromatic heterocycles. The van der Waals surface area contributed by atoms with Gasteiger partial charge in [0.25, 0.3) is 0 Å². The summed E-state index contributed by atoms with van der Waals surface area (Å²) in [5, 5.41) is 3.43. The van der Waals surface area contributed by atoms with Gasteiger partial charge in [-0.3, -0.25) is 4.98 Å². The van der Waals surface area contributed by atoms with E-state index in [1.807, 2.05) is 6.07 Å². The second-order valence-corrected chi connectivity index (χ2v) is 8.30. The molecule has 3 heterocycles. The number of benzene rings is 1. The Hall–Kier alpha value is -3.00. The third-order valence-electron chi connectivity index (χ3n) is 6.00. The number of hydrogen-bond donors (Lipinski definition) is 1. The van der Waals surface area contributed by atoms with E-state index in [0.29, 0.717) is 12.0 Å². The first-order valence-electron chi connectivity index (χ1n) is 11.1. The highest BCUT2D eigenvalue weighted by Crippen LogP contribution is 2.33. The average Bonchev–Trinajstić information content (AvgIpc) is 2.81. The number of rotatable bonds is 5. The molecule has 0 radical (unpaired) electrons. The minimum Gasteiger partial charge on any atom is -0.488 e. The molecule has 0 unspecified atom stereocenters. The predicted octanol–water partition coefficient (Wildman–Crippen LogP) is 3.45. The first-order chi connectivity index (χ1) is 15.2. The van der Waals surface area contributed by atoms with E-state index in [9.17, 15) is 0 Å². The molecule has 31 heavy (non-hydrogen) atoms. The minimum atomic E-state index is 0.166. The van der Waals surface area contributed by atoms with Gasteiger partial charge in [0.15, 0.2) is 0 Å². The summed E-state index contributed by atoms with van der Waals surface area (Å²) in [6, 6.07) is 6.43. The molecule has 1 saturated heterocycles. The monoisotopic (exact) mass is 420 g/mol. The summed E-state index contributed by atoms with van der Waals surface area (Å²) in [6.07, 6.45) is 11.4. The Morgan fingerprint density at radius 1 is 1.00 bits per heavy atom. The summed E-state index contributed by atoms with van der Waals surface area (Å²) in [5.74, 6) is 1.52. The fraction of sp³-hybridized carbons (Fsp3) is 0.478. The molecule has 1 aliphatic heterocycles. The number of fused-ring (bicyclic) bond motifs is 1. The van der Waals surface area contributed by atoms with Crippen LogP contribution in [0.15, 0.2) is 43.0 Å². The van der Waals surface area contributed by atoms with E-state index >= 15 is 0 Å². The van der Waals surface area contributed by atoms with Crippen molar-refractivity contribution in [1.29, 1.82) is 0 Å². The predicted molar refractivity (Wildman–Crippen MR) is 119 cm³/mol. The molecule has 8 heteroatoms. The number of ether oxygens (including phenoxy) is 2. The number of hydrogen-bond acceptors (Lipinski definition) is 8. The van der Waals surface area contributed by atoms with E-state index in [1.165, 1.54) is 0 Å². The minimum absolute atomic E-state index is 0.166. The maximum atomic E-state index is 6.51. The Labute approximate surface area is 182 Å². The van der Waals surface area contributed by atoms with Crippen molar-refractivity contribution in [2.24, 2.45) is 0 Å². The lowest BCUT2D eigenvalue weighted by Gasteiger charge is -2.33. The number of nitrogens with one attached hydrogen (secondary N) is 1. The van der Waals surface area contributed by atoms with Crippen LogP contribution in [0.2, 0.25) is 0 Å². The normalized spacial score (nSPS) is 24.2. The second-order valence-electron chi connectivity index (χ2n) is 8.30. The van der Waals surface area contributed by atoms with Gasteiger partial charge in [-0.1, -0.05) is 0 Å². The summed E-state index contributed by atoms with van der Waals surface area (Å²) in [4.78, 5) is 20.0. The van der Waals surface area contributed by atoms with Crippen molar-refractivity contribution < 1.29 is 9.47 Å². The highest BCUT2D eigenvalue weighted by atomic mass is 16.5. The lowest BCUT2D eigenvalue weighted by molar-refractivity contribution is 0.0532. The van der Waals surface area contributed by atoms with Crippen molar-refractivity contribution in [2.45, 2.75) is 50.9 Å². The van der Waals surface area contributed by atoms with Crippen molar-refractivity contribution >= 4 is 22.7 Å². The van der Waals surface area contributed by atoms with Crippen molar-refractivity contribution in [3.05, 3.63) is 43.0 Å². The fourth-order valence-electron chi connectivity index (χ4n) is 4.41. The molecule has 2 fully saturated rings. The summed E-state index contributed by atoms with van der Waals surface area (Å²) >= 11 is 0. The summed E-state index contributed by atoms with van der Waals surface area (Å²) in [6.45, 7) is 4.58. The van der Waals surface area contributed by atoms with Gasteiger partial charge in [0.1, 0.15) is 11.3 Å². The van der Waals surface area contributed by atoms with E-state index in [1.54, 1.807) is 24.8 Å². The van der Waals surface area contributed by atoms with Gasteiger partial charge in [-0.05, 0) is 44.7 Å². The van der Waals surface area contributed by atoms with E-state index < -0.39 is 0 Å². The van der Waals surface area contributed by atoms with Gasteiger partial charge in [0.2, 0.25) is 5.95 Å². The van der Waals surface area contributed by atoms with Crippen LogP contribution in [0.5, 0.6) is 5.75 Å². The van der Waals surface area contributed by atoms with Gasteiger partial charge in [-0.15, -0.1) is 0 Å². The summed E-state index contributed by atoms with van der Waals surface area (Å²) in [5.41, 5.74) is 2.81. The maximum absolute atomic E-state index is 6.51. The smallest absolute Gasteiger partial charge is 0.222 e. The first kappa shape index (κ1) is 19.9. The molecule has 8 nitrogen and oxygen atoms in total. The standard InChI is InChI=1S/C23H28N6O2/c1-16-15-29(11-12-30-16)18-13-20-22(25-10-9-24-20)21(14-18)31-19-5-3-17(4-6-19)28-23-26-7-2-8-27-23/h2,7-10,13-14,16-17,19H,3-6,11-12,15H2,1H3,(H,26,27,28)/t16-,17?,19?/m1/s1.